The minimum atomic E-state index is -1.04. The third-order valence-electron chi connectivity index (χ3n) is 6.88. The van der Waals surface area contributed by atoms with Gasteiger partial charge in [0.25, 0.3) is 0 Å². The van der Waals surface area contributed by atoms with Crippen molar-refractivity contribution in [3.8, 4) is 0 Å². The molecule has 0 saturated heterocycles. The van der Waals surface area contributed by atoms with Gasteiger partial charge in [-0.2, -0.15) is 0 Å². The number of hydrogen-bond acceptors (Lipinski definition) is 5. The first-order valence-corrected chi connectivity index (χ1v) is 11.2. The monoisotopic (exact) mass is 429 g/mol. The Morgan fingerprint density at radius 2 is 1.27 bits per heavy atom. The van der Waals surface area contributed by atoms with Gasteiger partial charge < -0.3 is 24.9 Å². The van der Waals surface area contributed by atoms with Crippen molar-refractivity contribution in [2.24, 2.45) is 17.8 Å². The Morgan fingerprint density at radius 3 is 1.70 bits per heavy atom. The zero-order valence-electron chi connectivity index (χ0n) is 21.1. The summed E-state index contributed by atoms with van der Waals surface area (Å²) in [5.41, 5.74) is 0. The molecule has 2 amide bonds. The maximum Gasteiger partial charge on any atom is 0.245 e. The third-order valence-corrected chi connectivity index (χ3v) is 6.88. The predicted octanol–water partition coefficient (Wildman–Crippen LogP) is 2.06. The van der Waals surface area contributed by atoms with E-state index >= 15 is 0 Å². The molecule has 0 aromatic carbocycles. The van der Waals surface area contributed by atoms with Gasteiger partial charge in [-0.3, -0.25) is 9.59 Å². The molecule has 0 spiro atoms. The van der Waals surface area contributed by atoms with Crippen molar-refractivity contribution in [2.75, 3.05) is 28.2 Å². The number of aliphatic hydroxyl groups excluding tert-OH is 2. The summed E-state index contributed by atoms with van der Waals surface area (Å²) >= 11 is 0. The average molecular weight is 430 g/mol. The fraction of sp³-hybridized carbons (Fsp3) is 0.913. The molecule has 0 heterocycles. The van der Waals surface area contributed by atoms with Crippen LogP contribution in [0.25, 0.3) is 0 Å². The molecule has 0 rings (SSSR count). The van der Waals surface area contributed by atoms with Gasteiger partial charge in [-0.15, -0.1) is 0 Å². The summed E-state index contributed by atoms with van der Waals surface area (Å²) in [7, 11) is 7.42. The molecule has 7 unspecified atom stereocenters. The summed E-state index contributed by atoms with van der Waals surface area (Å²) in [4.78, 5) is 31.0. The molecule has 8 atom stereocenters. The quantitative estimate of drug-likeness (QED) is 0.496. The van der Waals surface area contributed by atoms with Crippen LogP contribution in [0.4, 0.5) is 0 Å². The van der Waals surface area contributed by atoms with E-state index in [0.717, 1.165) is 12.8 Å². The van der Waals surface area contributed by atoms with Crippen molar-refractivity contribution >= 4 is 11.8 Å². The van der Waals surface area contributed by atoms with Gasteiger partial charge in [-0.1, -0.05) is 20.8 Å². The second-order valence-electron chi connectivity index (χ2n) is 9.70. The summed E-state index contributed by atoms with van der Waals surface area (Å²) < 4.78 is 0. The Bertz CT molecular complexity index is 541. The highest BCUT2D eigenvalue weighted by Crippen LogP contribution is 2.25. The van der Waals surface area contributed by atoms with Crippen LogP contribution in [0, 0.1) is 17.8 Å². The lowest BCUT2D eigenvalue weighted by atomic mass is 9.84. The zero-order chi connectivity index (χ0) is 23.9. The van der Waals surface area contributed by atoms with Gasteiger partial charge >= 0.3 is 0 Å². The van der Waals surface area contributed by atoms with Crippen LogP contribution in [0.3, 0.4) is 0 Å². The number of likely N-dealkylation sites (N-methyl/N-ethyl adjacent to an activating group) is 2. The van der Waals surface area contributed by atoms with E-state index in [0.29, 0.717) is 12.0 Å². The molecule has 0 aliphatic carbocycles. The van der Waals surface area contributed by atoms with Crippen LogP contribution in [-0.2, 0) is 9.59 Å². The second kappa shape index (κ2) is 12.6. The fourth-order valence-electron chi connectivity index (χ4n) is 3.78. The van der Waals surface area contributed by atoms with E-state index in [1.54, 1.807) is 27.9 Å². The highest BCUT2D eigenvalue weighted by atomic mass is 16.3. The number of rotatable bonds is 12. The first-order valence-electron chi connectivity index (χ1n) is 11.2. The maximum atomic E-state index is 13.0. The number of aliphatic hydroxyl groups is 2. The second-order valence-corrected chi connectivity index (χ2v) is 9.70. The van der Waals surface area contributed by atoms with E-state index in [2.05, 4.69) is 39.8 Å². The predicted molar refractivity (Wildman–Crippen MR) is 122 cm³/mol. The Morgan fingerprint density at radius 1 is 0.767 bits per heavy atom. The van der Waals surface area contributed by atoms with Crippen molar-refractivity contribution in [1.29, 1.82) is 0 Å². The highest BCUT2D eigenvalue weighted by molar-refractivity contribution is 5.88. The van der Waals surface area contributed by atoms with Gasteiger partial charge in [-0.05, 0) is 66.5 Å². The minimum absolute atomic E-state index is 0.0478. The number of nitrogens with zero attached hydrogens (tertiary/aromatic N) is 3. The molecule has 7 nitrogen and oxygen atoms in total. The lowest BCUT2D eigenvalue weighted by Gasteiger charge is -2.36. The van der Waals surface area contributed by atoms with E-state index in [1.807, 2.05) is 6.92 Å². The largest absolute Gasteiger partial charge is 0.391 e. The minimum Gasteiger partial charge on any atom is -0.391 e. The van der Waals surface area contributed by atoms with Crippen LogP contribution >= 0.6 is 0 Å². The average Bonchev–Trinajstić information content (AvgIpc) is 2.68. The molecule has 0 bridgehead atoms. The molecule has 0 aromatic heterocycles. The van der Waals surface area contributed by atoms with Gasteiger partial charge in [0.1, 0.15) is 6.04 Å². The summed E-state index contributed by atoms with van der Waals surface area (Å²) in [5, 5.41) is 19.7. The molecular formula is C23H47N3O4. The van der Waals surface area contributed by atoms with Crippen molar-refractivity contribution in [3.63, 3.8) is 0 Å². The standard InChI is InChI=1S/C23H47N3O4/c1-14(13-16(3)24(8)9)12-15(2)17(4)22(29)26(11)19(6)23(30)25(10)18(5)21(28)20(7)27/h14-21,27-28H,12-13H2,1-11H3/t14?,15?,16?,17?,18?,19?,20?,21-/m1/s1. The van der Waals surface area contributed by atoms with Gasteiger partial charge in [0, 0.05) is 26.1 Å². The molecule has 178 valence electrons. The summed E-state index contributed by atoms with van der Waals surface area (Å²) in [5.74, 6) is 0.221. The smallest absolute Gasteiger partial charge is 0.245 e. The van der Waals surface area contributed by atoms with Crippen LogP contribution < -0.4 is 0 Å². The SMILES string of the molecule is CC(CC(C)C(C)C(=O)N(C)C(C)C(=O)N(C)C(C)[C@@H](O)C(C)O)CC(C)N(C)C. The maximum absolute atomic E-state index is 13.0. The molecule has 7 heteroatoms. The van der Waals surface area contributed by atoms with E-state index < -0.39 is 24.3 Å². The van der Waals surface area contributed by atoms with E-state index in [9.17, 15) is 19.8 Å². The van der Waals surface area contributed by atoms with Crippen LogP contribution in [0.1, 0.15) is 61.3 Å². The first-order chi connectivity index (χ1) is 13.6. The molecule has 0 aliphatic rings. The molecule has 0 fully saturated rings. The van der Waals surface area contributed by atoms with Gasteiger partial charge in [0.15, 0.2) is 0 Å². The molecular weight excluding hydrogens is 382 g/mol. The Labute approximate surface area is 184 Å². The number of carbonyl (C=O) groups is 2. The normalized spacial score (nSPS) is 19.9. The van der Waals surface area contributed by atoms with Gasteiger partial charge in [0.2, 0.25) is 11.8 Å². The summed E-state index contributed by atoms with van der Waals surface area (Å²) in [6.07, 6.45) is 0.0518. The zero-order valence-corrected chi connectivity index (χ0v) is 21.1. The molecule has 0 saturated carbocycles. The number of hydrogen-bond donors (Lipinski definition) is 2. The number of carbonyl (C=O) groups excluding carboxylic acids is 2. The fourth-order valence-corrected chi connectivity index (χ4v) is 3.78. The van der Waals surface area contributed by atoms with Crippen molar-refractivity contribution in [2.45, 2.75) is 91.6 Å². The van der Waals surface area contributed by atoms with E-state index in [1.165, 1.54) is 16.7 Å². The third kappa shape index (κ3) is 8.16. The number of amides is 2. The van der Waals surface area contributed by atoms with Crippen molar-refractivity contribution in [3.05, 3.63) is 0 Å². The van der Waals surface area contributed by atoms with E-state index in [4.69, 9.17) is 0 Å². The van der Waals surface area contributed by atoms with Crippen LogP contribution in [0.2, 0.25) is 0 Å². The Hall–Kier alpha value is -1.18. The summed E-state index contributed by atoms with van der Waals surface area (Å²) in [6.45, 7) is 13.4. The highest BCUT2D eigenvalue weighted by Gasteiger charge is 2.34. The van der Waals surface area contributed by atoms with Crippen LogP contribution in [-0.4, -0.2) is 95.3 Å². The molecule has 0 aliphatic heterocycles. The first kappa shape index (κ1) is 28.8. The Balaban J connectivity index is 4.97. The van der Waals surface area contributed by atoms with E-state index in [-0.39, 0.29) is 23.7 Å². The van der Waals surface area contributed by atoms with Crippen molar-refractivity contribution in [1.82, 2.24) is 14.7 Å². The summed E-state index contributed by atoms with van der Waals surface area (Å²) in [6, 6.07) is -0.709. The Kier molecular flexibility index (Phi) is 12.1. The lowest BCUT2D eigenvalue weighted by Crippen LogP contribution is -2.54. The molecule has 0 aromatic rings. The van der Waals surface area contributed by atoms with Gasteiger partial charge in [-0.25, -0.2) is 0 Å². The lowest BCUT2D eigenvalue weighted by molar-refractivity contribution is -0.149. The van der Waals surface area contributed by atoms with Gasteiger partial charge in [0.05, 0.1) is 18.2 Å². The van der Waals surface area contributed by atoms with Crippen LogP contribution in [0.15, 0.2) is 0 Å². The molecule has 30 heavy (non-hydrogen) atoms. The van der Waals surface area contributed by atoms with Crippen LogP contribution in [0.5, 0.6) is 0 Å². The molecule has 0 radical (unpaired) electrons. The molecule has 2 N–H and O–H groups in total. The van der Waals surface area contributed by atoms with Crippen molar-refractivity contribution < 1.29 is 19.8 Å². The topological polar surface area (TPSA) is 84.3 Å².